The summed E-state index contributed by atoms with van der Waals surface area (Å²) >= 11 is 5.88. The van der Waals surface area contributed by atoms with Gasteiger partial charge in [-0.3, -0.25) is 4.98 Å². The van der Waals surface area contributed by atoms with E-state index in [0.717, 1.165) is 42.5 Å². The molecule has 3 aromatic rings. The predicted molar refractivity (Wildman–Crippen MR) is 127 cm³/mol. The maximum Gasteiger partial charge on any atom is 0.174 e. The quantitative estimate of drug-likeness (QED) is 0.584. The average molecular weight is 433 g/mol. The van der Waals surface area contributed by atoms with Crippen molar-refractivity contribution in [2.45, 2.75) is 51.4 Å². The Kier molecular flexibility index (Phi) is 5.50. The van der Waals surface area contributed by atoms with E-state index >= 15 is 0 Å². The van der Waals surface area contributed by atoms with Crippen molar-refractivity contribution in [3.05, 3.63) is 83.4 Å². The van der Waals surface area contributed by atoms with E-state index in [1.165, 1.54) is 16.8 Å². The van der Waals surface area contributed by atoms with Crippen LogP contribution in [0, 0.1) is 13.8 Å². The highest BCUT2D eigenvalue weighted by Gasteiger charge is 2.42. The molecule has 1 aromatic carbocycles. The summed E-state index contributed by atoms with van der Waals surface area (Å²) < 4.78 is 8.27. The van der Waals surface area contributed by atoms with Gasteiger partial charge in [0.1, 0.15) is 6.04 Å². The Bertz CT molecular complexity index is 1050. The lowest BCUT2D eigenvalue weighted by molar-refractivity contribution is 0.0961. The van der Waals surface area contributed by atoms with E-state index in [2.05, 4.69) is 76.2 Å². The minimum absolute atomic E-state index is 0.00000283. The van der Waals surface area contributed by atoms with Crippen LogP contribution in [-0.2, 0) is 11.3 Å². The summed E-state index contributed by atoms with van der Waals surface area (Å²) in [5.74, 6) is 0. The third-order valence-corrected chi connectivity index (χ3v) is 6.49. The molecule has 0 spiro atoms. The number of nitrogens with zero attached hydrogens (tertiary/aromatic N) is 3. The fourth-order valence-corrected chi connectivity index (χ4v) is 5.24. The summed E-state index contributed by atoms with van der Waals surface area (Å²) in [6.45, 7) is 5.99. The van der Waals surface area contributed by atoms with Crippen LogP contribution >= 0.6 is 12.2 Å². The third kappa shape index (κ3) is 3.98. The number of pyridine rings is 1. The van der Waals surface area contributed by atoms with Crippen LogP contribution in [0.1, 0.15) is 47.4 Å². The van der Waals surface area contributed by atoms with E-state index in [4.69, 9.17) is 17.0 Å². The van der Waals surface area contributed by atoms with Crippen molar-refractivity contribution in [2.24, 2.45) is 0 Å². The van der Waals surface area contributed by atoms with Gasteiger partial charge in [-0.05, 0) is 86.4 Å². The van der Waals surface area contributed by atoms with Gasteiger partial charge in [0.25, 0.3) is 0 Å². The summed E-state index contributed by atoms with van der Waals surface area (Å²) in [7, 11) is 0. The van der Waals surface area contributed by atoms with Crippen molar-refractivity contribution in [1.82, 2.24) is 14.9 Å². The van der Waals surface area contributed by atoms with Crippen LogP contribution in [0.25, 0.3) is 0 Å². The number of thiocarbonyl (C=S) groups is 1. The Balaban J connectivity index is 1.59. The molecule has 5 rings (SSSR count). The maximum absolute atomic E-state index is 5.93. The molecule has 0 unspecified atom stereocenters. The number of benzene rings is 1. The summed E-state index contributed by atoms with van der Waals surface area (Å²) in [5.41, 5.74) is 5.78. The predicted octanol–water partition coefficient (Wildman–Crippen LogP) is 4.86. The first-order valence-electron chi connectivity index (χ1n) is 11.0. The molecule has 5 nitrogen and oxygen atoms in total. The zero-order valence-corrected chi connectivity index (χ0v) is 18.8. The maximum atomic E-state index is 5.93. The van der Waals surface area contributed by atoms with Crippen LogP contribution in [0.4, 0.5) is 5.69 Å². The molecule has 2 aliphatic heterocycles. The van der Waals surface area contributed by atoms with Gasteiger partial charge in [0.2, 0.25) is 0 Å². The largest absolute Gasteiger partial charge is 0.376 e. The Morgan fingerprint density at radius 2 is 1.97 bits per heavy atom. The van der Waals surface area contributed by atoms with Gasteiger partial charge in [0, 0.05) is 36.9 Å². The van der Waals surface area contributed by atoms with Crippen LogP contribution in [0.5, 0.6) is 0 Å². The third-order valence-electron chi connectivity index (χ3n) is 6.17. The van der Waals surface area contributed by atoms with Crippen LogP contribution in [0.15, 0.2) is 60.9 Å². The summed E-state index contributed by atoms with van der Waals surface area (Å²) in [6.07, 6.45) is 6.54. The second kappa shape index (κ2) is 8.44. The highest BCUT2D eigenvalue weighted by atomic mass is 32.1. The summed E-state index contributed by atoms with van der Waals surface area (Å²) in [5, 5.41) is 4.30. The van der Waals surface area contributed by atoms with Gasteiger partial charge >= 0.3 is 0 Å². The van der Waals surface area contributed by atoms with Crippen LogP contribution < -0.4 is 10.2 Å². The zero-order chi connectivity index (χ0) is 21.4. The molecule has 31 heavy (non-hydrogen) atoms. The number of hydrogen-bond donors (Lipinski definition) is 1. The molecule has 3 atom stereocenters. The molecule has 0 amide bonds. The number of anilines is 1. The van der Waals surface area contributed by atoms with Gasteiger partial charge in [0.15, 0.2) is 5.11 Å². The number of ether oxygens (including phenoxy) is 1. The number of nitrogens with one attached hydrogen (secondary N) is 1. The molecule has 0 saturated carbocycles. The first-order valence-corrected chi connectivity index (χ1v) is 11.4. The SMILES string of the molecule is Cc1cc(C)cc(N2C(=S)N[C@H](c3ccccn3)[C@@H]2c2cccn2C[C@H]2CCCO2)c1. The smallest absolute Gasteiger partial charge is 0.174 e. The van der Waals surface area contributed by atoms with Gasteiger partial charge in [0.05, 0.1) is 17.8 Å². The second-order valence-corrected chi connectivity index (χ2v) is 8.95. The highest BCUT2D eigenvalue weighted by molar-refractivity contribution is 7.80. The van der Waals surface area contributed by atoms with Gasteiger partial charge in [-0.15, -0.1) is 0 Å². The van der Waals surface area contributed by atoms with E-state index in [9.17, 15) is 0 Å². The van der Waals surface area contributed by atoms with Crippen LogP contribution in [0.3, 0.4) is 0 Å². The first-order chi connectivity index (χ1) is 15.1. The summed E-state index contributed by atoms with van der Waals surface area (Å²) in [6, 6.07) is 17.0. The topological polar surface area (TPSA) is 42.3 Å². The lowest BCUT2D eigenvalue weighted by Crippen LogP contribution is -2.31. The Labute approximate surface area is 189 Å². The molecule has 2 saturated heterocycles. The highest BCUT2D eigenvalue weighted by Crippen LogP contribution is 2.42. The minimum Gasteiger partial charge on any atom is -0.376 e. The van der Waals surface area contributed by atoms with E-state index in [1.54, 1.807) is 0 Å². The molecule has 2 aliphatic rings. The standard InChI is InChI=1S/C25H28N4OS/c1-17-13-18(2)15-19(14-17)29-24(23(27-25(29)31)21-8-3-4-10-26-21)22-9-5-11-28(22)16-20-7-6-12-30-20/h3-5,8-11,13-15,20,23-24H,6-7,12,16H2,1-2H3,(H,27,31)/t20-,23-,24+/m1/s1. The number of aromatic nitrogens is 2. The molecule has 1 N–H and O–H groups in total. The van der Waals surface area contributed by atoms with Crippen molar-refractivity contribution in [1.29, 1.82) is 0 Å². The molecular formula is C25H28N4OS. The molecule has 4 heterocycles. The molecule has 0 radical (unpaired) electrons. The molecular weight excluding hydrogens is 404 g/mol. The second-order valence-electron chi connectivity index (χ2n) is 8.56. The lowest BCUT2D eigenvalue weighted by Gasteiger charge is -2.30. The zero-order valence-electron chi connectivity index (χ0n) is 18.0. The molecule has 0 bridgehead atoms. The number of aryl methyl sites for hydroxylation is 2. The molecule has 0 aliphatic carbocycles. The Morgan fingerprint density at radius 3 is 2.68 bits per heavy atom. The molecule has 160 valence electrons. The molecule has 2 fully saturated rings. The fraction of sp³-hybridized carbons (Fsp3) is 0.360. The Hall–Kier alpha value is -2.70. The lowest BCUT2D eigenvalue weighted by atomic mass is 10.00. The molecule has 2 aromatic heterocycles. The monoisotopic (exact) mass is 432 g/mol. The van der Waals surface area contributed by atoms with Crippen molar-refractivity contribution in [3.63, 3.8) is 0 Å². The van der Waals surface area contributed by atoms with Gasteiger partial charge in [-0.25, -0.2) is 0 Å². The normalized spacial score (nSPS) is 23.4. The summed E-state index contributed by atoms with van der Waals surface area (Å²) in [4.78, 5) is 6.93. The van der Waals surface area contributed by atoms with E-state index < -0.39 is 0 Å². The fourth-order valence-electron chi connectivity index (χ4n) is 4.89. The van der Waals surface area contributed by atoms with Gasteiger partial charge in [-0.1, -0.05) is 12.1 Å². The van der Waals surface area contributed by atoms with Gasteiger partial charge in [-0.2, -0.15) is 0 Å². The number of rotatable bonds is 5. The van der Waals surface area contributed by atoms with E-state index in [1.807, 2.05) is 18.3 Å². The minimum atomic E-state index is -0.0346. The first kappa shape index (κ1) is 20.2. The van der Waals surface area contributed by atoms with E-state index in [0.29, 0.717) is 0 Å². The van der Waals surface area contributed by atoms with Crippen LogP contribution in [0.2, 0.25) is 0 Å². The van der Waals surface area contributed by atoms with Gasteiger partial charge < -0.3 is 19.5 Å². The molecule has 6 heteroatoms. The van der Waals surface area contributed by atoms with Crippen molar-refractivity contribution >= 4 is 23.0 Å². The van der Waals surface area contributed by atoms with Crippen LogP contribution in [-0.4, -0.2) is 27.4 Å². The van der Waals surface area contributed by atoms with Crippen molar-refractivity contribution in [2.75, 3.05) is 11.5 Å². The number of hydrogen-bond acceptors (Lipinski definition) is 3. The van der Waals surface area contributed by atoms with E-state index in [-0.39, 0.29) is 18.2 Å². The Morgan fingerprint density at radius 1 is 1.13 bits per heavy atom. The van der Waals surface area contributed by atoms with Crippen molar-refractivity contribution < 1.29 is 4.74 Å². The van der Waals surface area contributed by atoms with Crippen molar-refractivity contribution in [3.8, 4) is 0 Å². The average Bonchev–Trinajstić information content (AvgIpc) is 3.48.